The zero-order valence-electron chi connectivity index (χ0n) is 12.6. The molecule has 0 fully saturated rings. The maximum absolute atomic E-state index is 12.8. The minimum absolute atomic E-state index is 0.220. The molecule has 0 saturated carbocycles. The topological polar surface area (TPSA) is 35.5 Å². The second-order valence-electron chi connectivity index (χ2n) is 4.71. The van der Waals surface area contributed by atoms with Crippen LogP contribution in [0.1, 0.15) is 22.8 Å². The third kappa shape index (κ3) is 3.83. The van der Waals surface area contributed by atoms with Gasteiger partial charge in [-0.2, -0.15) is 13.2 Å². The molecule has 0 radical (unpaired) electrons. The predicted molar refractivity (Wildman–Crippen MR) is 79.4 cm³/mol. The molecule has 0 N–H and O–H groups in total. The van der Waals surface area contributed by atoms with Crippen molar-refractivity contribution in [2.45, 2.75) is 13.1 Å². The Balaban J connectivity index is 2.44. The van der Waals surface area contributed by atoms with Crippen LogP contribution in [0.3, 0.4) is 0 Å². The van der Waals surface area contributed by atoms with Gasteiger partial charge in [0.25, 0.3) is 0 Å². The van der Waals surface area contributed by atoms with Gasteiger partial charge >= 0.3 is 12.1 Å². The molecule has 0 aliphatic carbocycles. The molecule has 0 aliphatic heterocycles. The molecule has 2 aromatic carbocycles. The molecule has 2 rings (SSSR count). The van der Waals surface area contributed by atoms with Gasteiger partial charge in [0.15, 0.2) is 0 Å². The van der Waals surface area contributed by atoms with Crippen molar-refractivity contribution in [2.24, 2.45) is 0 Å². The van der Waals surface area contributed by atoms with Crippen LogP contribution in [-0.4, -0.2) is 19.7 Å². The molecule has 0 unspecified atom stereocenters. The van der Waals surface area contributed by atoms with Crippen LogP contribution in [0.2, 0.25) is 0 Å². The highest BCUT2D eigenvalue weighted by molar-refractivity contribution is 5.93. The Kier molecular flexibility index (Phi) is 4.93. The molecular formula is C17H15F3O3. The lowest BCUT2D eigenvalue weighted by Crippen LogP contribution is -2.07. The molecule has 0 heterocycles. The molecule has 0 spiro atoms. The zero-order chi connectivity index (χ0) is 17.0. The maximum Gasteiger partial charge on any atom is 0.416 e. The van der Waals surface area contributed by atoms with E-state index in [1.165, 1.54) is 25.3 Å². The molecule has 0 bridgehead atoms. The minimum atomic E-state index is -4.41. The van der Waals surface area contributed by atoms with Crippen LogP contribution in [0.4, 0.5) is 13.2 Å². The molecule has 0 saturated heterocycles. The Bertz CT molecular complexity index is 708. The number of alkyl halides is 3. The van der Waals surface area contributed by atoms with Gasteiger partial charge in [-0.05, 0) is 42.3 Å². The lowest BCUT2D eigenvalue weighted by Gasteiger charge is -2.12. The molecule has 0 aromatic heterocycles. The number of hydrogen-bond acceptors (Lipinski definition) is 3. The average Bonchev–Trinajstić information content (AvgIpc) is 2.53. The van der Waals surface area contributed by atoms with Gasteiger partial charge in [0.1, 0.15) is 11.3 Å². The summed E-state index contributed by atoms with van der Waals surface area (Å²) in [7, 11) is 1.38. The fraction of sp³-hybridized carbons (Fsp3) is 0.235. The number of methoxy groups -OCH3 is 1. The first-order valence-corrected chi connectivity index (χ1v) is 6.89. The molecule has 0 aliphatic rings. The molecular weight excluding hydrogens is 309 g/mol. The van der Waals surface area contributed by atoms with E-state index < -0.39 is 17.7 Å². The molecule has 0 atom stereocenters. The number of hydrogen-bond donors (Lipinski definition) is 0. The molecule has 0 amide bonds. The fourth-order valence-corrected chi connectivity index (χ4v) is 2.12. The number of carbonyl (C=O) groups excluding carboxylic acids is 1. The smallest absolute Gasteiger partial charge is 0.416 e. The standard InChI is InChI=1S/C17H15F3O3/c1-3-23-16(21)14-8-7-12(10-15(14)22-2)11-5-4-6-13(9-11)17(18,19)20/h4-10H,3H2,1-2H3. The third-order valence-electron chi connectivity index (χ3n) is 3.22. The first-order valence-electron chi connectivity index (χ1n) is 6.89. The van der Waals surface area contributed by atoms with Gasteiger partial charge in [-0.15, -0.1) is 0 Å². The van der Waals surface area contributed by atoms with E-state index in [1.54, 1.807) is 19.1 Å². The Morgan fingerprint density at radius 3 is 2.39 bits per heavy atom. The minimum Gasteiger partial charge on any atom is -0.496 e. The lowest BCUT2D eigenvalue weighted by atomic mass is 10.0. The van der Waals surface area contributed by atoms with E-state index in [9.17, 15) is 18.0 Å². The van der Waals surface area contributed by atoms with Gasteiger partial charge in [-0.3, -0.25) is 0 Å². The van der Waals surface area contributed by atoms with Gasteiger partial charge < -0.3 is 9.47 Å². The van der Waals surface area contributed by atoms with E-state index in [2.05, 4.69) is 0 Å². The second kappa shape index (κ2) is 6.73. The Labute approximate surface area is 131 Å². The number of esters is 1. The summed E-state index contributed by atoms with van der Waals surface area (Å²) in [5.74, 6) is -0.293. The maximum atomic E-state index is 12.8. The number of carbonyl (C=O) groups is 1. The van der Waals surface area contributed by atoms with E-state index in [0.717, 1.165) is 12.1 Å². The van der Waals surface area contributed by atoms with Crippen molar-refractivity contribution >= 4 is 5.97 Å². The van der Waals surface area contributed by atoms with E-state index in [4.69, 9.17) is 9.47 Å². The molecule has 6 heteroatoms. The summed E-state index contributed by atoms with van der Waals surface area (Å²) < 4.78 is 48.5. The second-order valence-corrected chi connectivity index (χ2v) is 4.71. The van der Waals surface area contributed by atoms with E-state index in [-0.39, 0.29) is 17.9 Å². The summed E-state index contributed by atoms with van der Waals surface area (Å²) in [4.78, 5) is 11.8. The van der Waals surface area contributed by atoms with Crippen LogP contribution in [0.25, 0.3) is 11.1 Å². The monoisotopic (exact) mass is 324 g/mol. The summed E-state index contributed by atoms with van der Waals surface area (Å²) in [5.41, 5.74) is 0.392. The van der Waals surface area contributed by atoms with Crippen molar-refractivity contribution in [2.75, 3.05) is 13.7 Å². The number of ether oxygens (including phenoxy) is 2. The summed E-state index contributed by atoms with van der Waals surface area (Å²) >= 11 is 0. The average molecular weight is 324 g/mol. The first-order chi connectivity index (χ1) is 10.9. The first kappa shape index (κ1) is 16.9. The van der Waals surface area contributed by atoms with Gasteiger partial charge in [0, 0.05) is 0 Å². The molecule has 23 heavy (non-hydrogen) atoms. The quantitative estimate of drug-likeness (QED) is 0.774. The van der Waals surface area contributed by atoms with Crippen LogP contribution < -0.4 is 4.74 Å². The van der Waals surface area contributed by atoms with Crippen molar-refractivity contribution in [1.29, 1.82) is 0 Å². The Hall–Kier alpha value is -2.50. The summed E-state index contributed by atoms with van der Waals surface area (Å²) in [5, 5.41) is 0. The van der Waals surface area contributed by atoms with E-state index >= 15 is 0 Å². The lowest BCUT2D eigenvalue weighted by molar-refractivity contribution is -0.137. The number of rotatable bonds is 4. The summed E-state index contributed by atoms with van der Waals surface area (Å²) in [6, 6.07) is 9.52. The van der Waals surface area contributed by atoms with Gasteiger partial charge in [0.05, 0.1) is 19.3 Å². The fourth-order valence-electron chi connectivity index (χ4n) is 2.12. The number of halogens is 3. The highest BCUT2D eigenvalue weighted by Crippen LogP contribution is 2.33. The highest BCUT2D eigenvalue weighted by Gasteiger charge is 2.30. The van der Waals surface area contributed by atoms with Crippen molar-refractivity contribution < 1.29 is 27.4 Å². The van der Waals surface area contributed by atoms with Gasteiger partial charge in [-0.25, -0.2) is 4.79 Å². The van der Waals surface area contributed by atoms with Crippen LogP contribution in [0.5, 0.6) is 5.75 Å². The van der Waals surface area contributed by atoms with E-state index in [1.807, 2.05) is 0 Å². The molecule has 3 nitrogen and oxygen atoms in total. The van der Waals surface area contributed by atoms with Crippen LogP contribution in [-0.2, 0) is 10.9 Å². The summed E-state index contributed by atoms with van der Waals surface area (Å²) in [6.07, 6.45) is -4.41. The highest BCUT2D eigenvalue weighted by atomic mass is 19.4. The van der Waals surface area contributed by atoms with Crippen LogP contribution in [0.15, 0.2) is 42.5 Å². The normalized spacial score (nSPS) is 11.2. The Morgan fingerprint density at radius 2 is 1.78 bits per heavy atom. The van der Waals surface area contributed by atoms with Crippen molar-refractivity contribution in [1.82, 2.24) is 0 Å². The van der Waals surface area contributed by atoms with Crippen molar-refractivity contribution in [3.63, 3.8) is 0 Å². The number of benzene rings is 2. The van der Waals surface area contributed by atoms with Crippen LogP contribution >= 0.6 is 0 Å². The Morgan fingerprint density at radius 1 is 1.09 bits per heavy atom. The van der Waals surface area contributed by atoms with Crippen molar-refractivity contribution in [3.05, 3.63) is 53.6 Å². The van der Waals surface area contributed by atoms with Crippen LogP contribution in [0, 0.1) is 0 Å². The van der Waals surface area contributed by atoms with E-state index in [0.29, 0.717) is 11.1 Å². The zero-order valence-corrected chi connectivity index (χ0v) is 12.6. The molecule has 2 aromatic rings. The third-order valence-corrected chi connectivity index (χ3v) is 3.22. The largest absolute Gasteiger partial charge is 0.496 e. The SMILES string of the molecule is CCOC(=O)c1ccc(-c2cccc(C(F)(F)F)c2)cc1OC. The summed E-state index contributed by atoms with van der Waals surface area (Å²) in [6.45, 7) is 1.90. The predicted octanol–water partition coefficient (Wildman–Crippen LogP) is 4.56. The van der Waals surface area contributed by atoms with Gasteiger partial charge in [0.2, 0.25) is 0 Å². The van der Waals surface area contributed by atoms with Gasteiger partial charge in [-0.1, -0.05) is 18.2 Å². The molecule has 122 valence electrons. The van der Waals surface area contributed by atoms with Crippen molar-refractivity contribution in [3.8, 4) is 16.9 Å².